The Morgan fingerprint density at radius 3 is 2.69 bits per heavy atom. The van der Waals surface area contributed by atoms with Crippen LogP contribution in [0.4, 0.5) is 11.4 Å². The number of carbonyl (C=O) groups is 1. The fraction of sp³-hybridized carbons (Fsp3) is 0.222. The molecule has 3 N–H and O–H groups in total. The van der Waals surface area contributed by atoms with Gasteiger partial charge in [0, 0.05) is 6.92 Å². The van der Waals surface area contributed by atoms with Crippen molar-refractivity contribution in [3.63, 3.8) is 0 Å². The second kappa shape index (κ2) is 3.98. The molecule has 0 atom stereocenters. The van der Waals surface area contributed by atoms with E-state index in [2.05, 4.69) is 5.32 Å². The van der Waals surface area contributed by atoms with Gasteiger partial charge in [-0.1, -0.05) is 18.4 Å². The smallest absolute Gasteiger partial charge is 0.221 e. The molecule has 4 heteroatoms. The van der Waals surface area contributed by atoms with E-state index in [0.717, 1.165) is 5.46 Å². The Morgan fingerprint density at radius 2 is 2.23 bits per heavy atom. The Kier molecular flexibility index (Phi) is 2.95. The Balaban J connectivity index is 2.91. The molecule has 0 aliphatic rings. The van der Waals surface area contributed by atoms with Crippen molar-refractivity contribution in [1.82, 2.24) is 0 Å². The second-order valence-corrected chi connectivity index (χ2v) is 2.82. The van der Waals surface area contributed by atoms with Crippen LogP contribution in [0.15, 0.2) is 18.2 Å². The molecule has 0 saturated carbocycles. The fourth-order valence-corrected chi connectivity index (χ4v) is 1.06. The Morgan fingerprint density at radius 1 is 1.54 bits per heavy atom. The number of benzene rings is 1. The minimum atomic E-state index is -0.111. The number of hydrogen-bond donors (Lipinski definition) is 2. The Hall–Kier alpha value is -1.45. The molecular weight excluding hydrogens is 163 g/mol. The third-order valence-corrected chi connectivity index (χ3v) is 1.72. The van der Waals surface area contributed by atoms with E-state index < -0.39 is 0 Å². The maximum Gasteiger partial charge on any atom is 0.221 e. The summed E-state index contributed by atoms with van der Waals surface area (Å²) >= 11 is 0. The third kappa shape index (κ3) is 2.51. The van der Waals surface area contributed by atoms with Gasteiger partial charge in [0.1, 0.15) is 7.28 Å². The first-order valence-electron chi connectivity index (χ1n) is 4.10. The third-order valence-electron chi connectivity index (χ3n) is 1.72. The summed E-state index contributed by atoms with van der Waals surface area (Å²) in [6, 6.07) is 5.53. The van der Waals surface area contributed by atoms with Crippen LogP contribution >= 0.6 is 0 Å². The number of nitrogens with two attached hydrogens (primary N) is 1. The normalized spacial score (nSPS) is 9.38. The van der Waals surface area contributed by atoms with Gasteiger partial charge in [0.2, 0.25) is 5.91 Å². The molecular formula is C9H12BN2O. The summed E-state index contributed by atoms with van der Waals surface area (Å²) < 4.78 is 0. The molecule has 1 aromatic rings. The van der Waals surface area contributed by atoms with E-state index in [1.807, 2.05) is 26.2 Å². The number of nitrogen functional groups attached to an aromatic ring is 1. The average molecular weight is 175 g/mol. The summed E-state index contributed by atoms with van der Waals surface area (Å²) in [5.41, 5.74) is 8.01. The number of carbonyl (C=O) groups excluding carboxylic acids is 1. The highest BCUT2D eigenvalue weighted by Gasteiger charge is 2.00. The molecule has 0 aromatic heterocycles. The number of rotatable bonds is 2. The summed E-state index contributed by atoms with van der Waals surface area (Å²) in [4.78, 5) is 10.7. The van der Waals surface area contributed by atoms with Gasteiger partial charge in [0.15, 0.2) is 0 Å². The van der Waals surface area contributed by atoms with Crippen LogP contribution in [-0.2, 0) is 4.79 Å². The second-order valence-electron chi connectivity index (χ2n) is 2.82. The lowest BCUT2D eigenvalue weighted by molar-refractivity contribution is -0.114. The van der Waals surface area contributed by atoms with Crippen molar-refractivity contribution in [2.45, 2.75) is 13.7 Å². The van der Waals surface area contributed by atoms with E-state index in [-0.39, 0.29) is 5.91 Å². The first kappa shape index (κ1) is 9.64. The molecule has 1 rings (SSSR count). The number of hydrogen-bond acceptors (Lipinski definition) is 2. The van der Waals surface area contributed by atoms with Crippen LogP contribution in [0.1, 0.15) is 6.92 Å². The van der Waals surface area contributed by atoms with Gasteiger partial charge in [0.25, 0.3) is 0 Å². The van der Waals surface area contributed by atoms with E-state index in [1.54, 1.807) is 6.07 Å². The zero-order valence-corrected chi connectivity index (χ0v) is 7.79. The lowest BCUT2D eigenvalue weighted by Crippen LogP contribution is -2.14. The van der Waals surface area contributed by atoms with Crippen molar-refractivity contribution < 1.29 is 4.79 Å². The summed E-state index contributed by atoms with van der Waals surface area (Å²) in [5.74, 6) is -0.111. The van der Waals surface area contributed by atoms with Crippen LogP contribution in [0, 0.1) is 0 Å². The largest absolute Gasteiger partial charge is 0.397 e. The van der Waals surface area contributed by atoms with Crippen molar-refractivity contribution in [1.29, 1.82) is 0 Å². The first-order chi connectivity index (χ1) is 6.13. The van der Waals surface area contributed by atoms with Crippen molar-refractivity contribution in [3.8, 4) is 0 Å². The zero-order chi connectivity index (χ0) is 9.84. The number of anilines is 2. The van der Waals surface area contributed by atoms with Crippen molar-refractivity contribution >= 4 is 30.0 Å². The zero-order valence-electron chi connectivity index (χ0n) is 7.79. The lowest BCUT2D eigenvalue weighted by Gasteiger charge is -2.07. The topological polar surface area (TPSA) is 55.1 Å². The molecule has 0 fully saturated rings. The Bertz CT molecular complexity index is 325. The summed E-state index contributed by atoms with van der Waals surface area (Å²) in [7, 11) is 1.95. The van der Waals surface area contributed by atoms with Crippen LogP contribution in [0.5, 0.6) is 0 Å². The van der Waals surface area contributed by atoms with Crippen LogP contribution in [0.25, 0.3) is 0 Å². The quantitative estimate of drug-likeness (QED) is 0.510. The molecule has 0 unspecified atom stereocenters. The molecule has 0 bridgehead atoms. The monoisotopic (exact) mass is 175 g/mol. The van der Waals surface area contributed by atoms with Gasteiger partial charge in [-0.15, -0.1) is 0 Å². The minimum Gasteiger partial charge on any atom is -0.397 e. The minimum absolute atomic E-state index is 0.111. The van der Waals surface area contributed by atoms with Crippen LogP contribution in [0.3, 0.4) is 0 Å². The van der Waals surface area contributed by atoms with Crippen molar-refractivity contribution in [3.05, 3.63) is 18.2 Å². The van der Waals surface area contributed by atoms with Crippen LogP contribution in [0.2, 0.25) is 6.82 Å². The summed E-state index contributed by atoms with van der Waals surface area (Å²) in [6.07, 6.45) is 0. The van der Waals surface area contributed by atoms with E-state index >= 15 is 0 Å². The molecule has 3 nitrogen and oxygen atoms in total. The maximum atomic E-state index is 10.7. The maximum absolute atomic E-state index is 10.7. The predicted octanol–water partition coefficient (Wildman–Crippen LogP) is 0.605. The van der Waals surface area contributed by atoms with Gasteiger partial charge in [-0.2, -0.15) is 0 Å². The predicted molar refractivity (Wildman–Crippen MR) is 56.4 cm³/mol. The SMILES string of the molecule is C[B]c1ccc(NC(C)=O)c(N)c1. The molecule has 1 aromatic carbocycles. The molecule has 0 aliphatic heterocycles. The number of amides is 1. The molecule has 67 valence electrons. The lowest BCUT2D eigenvalue weighted by atomic mass is 9.73. The van der Waals surface area contributed by atoms with Crippen LogP contribution < -0.4 is 16.5 Å². The molecule has 0 aliphatic carbocycles. The molecule has 1 amide bonds. The molecule has 0 heterocycles. The van der Waals surface area contributed by atoms with E-state index in [9.17, 15) is 4.79 Å². The molecule has 0 spiro atoms. The number of nitrogens with one attached hydrogen (secondary N) is 1. The molecule has 13 heavy (non-hydrogen) atoms. The van der Waals surface area contributed by atoms with E-state index in [4.69, 9.17) is 5.73 Å². The summed E-state index contributed by atoms with van der Waals surface area (Å²) in [6.45, 7) is 3.39. The average Bonchev–Trinajstić information content (AvgIpc) is 2.08. The molecule has 0 saturated heterocycles. The van der Waals surface area contributed by atoms with Gasteiger partial charge in [-0.3, -0.25) is 4.79 Å². The van der Waals surface area contributed by atoms with Gasteiger partial charge in [0.05, 0.1) is 11.4 Å². The van der Waals surface area contributed by atoms with Crippen molar-refractivity contribution in [2.75, 3.05) is 11.1 Å². The van der Waals surface area contributed by atoms with Gasteiger partial charge in [-0.05, 0) is 12.1 Å². The first-order valence-corrected chi connectivity index (χ1v) is 4.10. The van der Waals surface area contributed by atoms with Gasteiger partial charge in [-0.25, -0.2) is 0 Å². The Labute approximate surface area is 78.6 Å². The standard InChI is InChI=1S/C9H12BN2O/c1-6(13)12-9-4-3-7(10-2)5-8(9)11/h3-5H,11H2,1-2H3,(H,12,13). The van der Waals surface area contributed by atoms with Crippen LogP contribution in [-0.4, -0.2) is 13.2 Å². The highest BCUT2D eigenvalue weighted by molar-refractivity contribution is 6.52. The van der Waals surface area contributed by atoms with Gasteiger partial charge < -0.3 is 11.1 Å². The van der Waals surface area contributed by atoms with Crippen molar-refractivity contribution in [2.24, 2.45) is 0 Å². The highest BCUT2D eigenvalue weighted by atomic mass is 16.1. The fourth-order valence-electron chi connectivity index (χ4n) is 1.06. The summed E-state index contributed by atoms with van der Waals surface area (Å²) in [5, 5.41) is 2.65. The highest BCUT2D eigenvalue weighted by Crippen LogP contribution is 2.15. The van der Waals surface area contributed by atoms with E-state index in [0.29, 0.717) is 11.4 Å². The molecule has 1 radical (unpaired) electrons. The van der Waals surface area contributed by atoms with Gasteiger partial charge >= 0.3 is 0 Å². The van der Waals surface area contributed by atoms with E-state index in [1.165, 1.54) is 6.92 Å².